The van der Waals surface area contributed by atoms with E-state index in [2.05, 4.69) is 4.74 Å². The Labute approximate surface area is 53.6 Å². The maximum atomic E-state index is 10.4. The van der Waals surface area contributed by atoms with Gasteiger partial charge in [0.15, 0.2) is 0 Å². The molecule has 9 heavy (non-hydrogen) atoms. The average molecular weight is 130 g/mol. The number of aliphatic hydroxyl groups is 1. The van der Waals surface area contributed by atoms with Crippen molar-refractivity contribution in [3.05, 3.63) is 0 Å². The largest absolute Gasteiger partial charge is 0.463 e. The van der Waals surface area contributed by atoms with Gasteiger partial charge in [-0.25, -0.2) is 0 Å². The summed E-state index contributed by atoms with van der Waals surface area (Å²) in [7, 11) is 0. The molecule has 1 saturated heterocycles. The Kier molecular flexibility index (Phi) is 1.45. The highest BCUT2D eigenvalue weighted by Crippen LogP contribution is 2.17. The van der Waals surface area contributed by atoms with Crippen molar-refractivity contribution >= 4 is 5.97 Å². The minimum Gasteiger partial charge on any atom is -0.463 e. The molecule has 3 heteroatoms. The fourth-order valence-electron chi connectivity index (χ4n) is 0.752. The molecule has 0 aromatic carbocycles. The van der Waals surface area contributed by atoms with Crippen molar-refractivity contribution in [3.8, 4) is 0 Å². The number of hydrogen-bond acceptors (Lipinski definition) is 3. The van der Waals surface area contributed by atoms with E-state index in [1.54, 1.807) is 6.92 Å². The molecule has 1 N–H and O–H groups in total. The third-order valence-corrected chi connectivity index (χ3v) is 1.41. The fraction of sp³-hybridized carbons (Fsp3) is 0.833. The van der Waals surface area contributed by atoms with Crippen molar-refractivity contribution in [1.82, 2.24) is 0 Å². The van der Waals surface area contributed by atoms with E-state index in [1.807, 2.05) is 0 Å². The maximum Gasteiger partial charge on any atom is 0.305 e. The zero-order valence-corrected chi connectivity index (χ0v) is 5.39. The van der Waals surface area contributed by atoms with Crippen LogP contribution >= 0.6 is 0 Å². The predicted octanol–water partition coefficient (Wildman–Crippen LogP) is 0.0744. The van der Waals surface area contributed by atoms with E-state index in [9.17, 15) is 9.90 Å². The standard InChI is InChI=1S/C6H10O3/c1-6(8)3-2-5(7)9-4-6/h8H,2-4H2,1H3. The summed E-state index contributed by atoms with van der Waals surface area (Å²) >= 11 is 0. The Morgan fingerprint density at radius 3 is 2.78 bits per heavy atom. The quantitative estimate of drug-likeness (QED) is 0.472. The van der Waals surface area contributed by atoms with Crippen LogP contribution in [-0.2, 0) is 9.53 Å². The molecule has 1 unspecified atom stereocenters. The number of carbonyl (C=O) groups is 1. The second kappa shape index (κ2) is 1.99. The van der Waals surface area contributed by atoms with Gasteiger partial charge in [0.1, 0.15) is 6.61 Å². The summed E-state index contributed by atoms with van der Waals surface area (Å²) in [6.07, 6.45) is 0.860. The molecule has 1 atom stereocenters. The van der Waals surface area contributed by atoms with E-state index in [0.29, 0.717) is 12.8 Å². The maximum absolute atomic E-state index is 10.4. The van der Waals surface area contributed by atoms with Crippen LogP contribution in [0, 0.1) is 0 Å². The first kappa shape index (κ1) is 6.55. The van der Waals surface area contributed by atoms with E-state index < -0.39 is 5.60 Å². The predicted molar refractivity (Wildman–Crippen MR) is 30.8 cm³/mol. The van der Waals surface area contributed by atoms with E-state index in [-0.39, 0.29) is 12.6 Å². The van der Waals surface area contributed by atoms with Crippen molar-refractivity contribution in [2.45, 2.75) is 25.4 Å². The number of ether oxygens (including phenoxy) is 1. The van der Waals surface area contributed by atoms with Crippen LogP contribution in [0.3, 0.4) is 0 Å². The van der Waals surface area contributed by atoms with Crippen LogP contribution in [0.2, 0.25) is 0 Å². The zero-order chi connectivity index (χ0) is 6.91. The minimum absolute atomic E-state index is 0.145. The van der Waals surface area contributed by atoms with E-state index in [0.717, 1.165) is 0 Å². The van der Waals surface area contributed by atoms with Crippen molar-refractivity contribution in [3.63, 3.8) is 0 Å². The normalized spacial score (nSPS) is 36.0. The van der Waals surface area contributed by atoms with Gasteiger partial charge in [0.05, 0.1) is 5.60 Å². The van der Waals surface area contributed by atoms with Gasteiger partial charge in [-0.1, -0.05) is 0 Å². The molecule has 1 heterocycles. The highest BCUT2D eigenvalue weighted by Gasteiger charge is 2.28. The van der Waals surface area contributed by atoms with Gasteiger partial charge >= 0.3 is 5.97 Å². The Balaban J connectivity index is 2.44. The Bertz CT molecular complexity index is 116. The SMILES string of the molecule is CC1(O)CCC(=O)OC1. The molecule has 1 fully saturated rings. The molecule has 0 saturated carbocycles. The summed E-state index contributed by atoms with van der Waals surface area (Å²) in [5.41, 5.74) is -0.784. The van der Waals surface area contributed by atoms with Gasteiger partial charge in [0.25, 0.3) is 0 Å². The van der Waals surface area contributed by atoms with E-state index >= 15 is 0 Å². The summed E-state index contributed by atoms with van der Waals surface area (Å²) in [4.78, 5) is 10.4. The number of esters is 1. The third-order valence-electron chi connectivity index (χ3n) is 1.41. The van der Waals surface area contributed by atoms with Gasteiger partial charge < -0.3 is 9.84 Å². The van der Waals surface area contributed by atoms with Crippen molar-refractivity contribution in [2.24, 2.45) is 0 Å². The molecule has 0 amide bonds. The Morgan fingerprint density at radius 2 is 2.44 bits per heavy atom. The molecule has 52 valence electrons. The lowest BCUT2D eigenvalue weighted by Gasteiger charge is -2.26. The average Bonchev–Trinajstić information content (AvgIpc) is 1.78. The molecule has 3 nitrogen and oxygen atoms in total. The summed E-state index contributed by atoms with van der Waals surface area (Å²) in [5, 5.41) is 9.22. The van der Waals surface area contributed by atoms with Crippen LogP contribution < -0.4 is 0 Å². The lowest BCUT2D eigenvalue weighted by Crippen LogP contribution is -2.37. The topological polar surface area (TPSA) is 46.5 Å². The Hall–Kier alpha value is -0.570. The fourth-order valence-corrected chi connectivity index (χ4v) is 0.752. The van der Waals surface area contributed by atoms with Crippen LogP contribution in [0.5, 0.6) is 0 Å². The van der Waals surface area contributed by atoms with Crippen LogP contribution in [0.1, 0.15) is 19.8 Å². The molecule has 0 aromatic rings. The molecule has 1 aliphatic heterocycles. The highest BCUT2D eigenvalue weighted by molar-refractivity contribution is 5.70. The first-order valence-corrected chi connectivity index (χ1v) is 2.98. The van der Waals surface area contributed by atoms with Crippen LogP contribution in [0.4, 0.5) is 0 Å². The zero-order valence-electron chi connectivity index (χ0n) is 5.39. The monoisotopic (exact) mass is 130 g/mol. The van der Waals surface area contributed by atoms with Gasteiger partial charge in [-0.05, 0) is 13.3 Å². The minimum atomic E-state index is -0.784. The second-order valence-electron chi connectivity index (χ2n) is 2.66. The van der Waals surface area contributed by atoms with Crippen molar-refractivity contribution < 1.29 is 14.6 Å². The first-order valence-electron chi connectivity index (χ1n) is 2.98. The highest BCUT2D eigenvalue weighted by atomic mass is 16.5. The van der Waals surface area contributed by atoms with Gasteiger partial charge in [0, 0.05) is 6.42 Å². The van der Waals surface area contributed by atoms with Crippen LogP contribution in [-0.4, -0.2) is 23.3 Å². The Morgan fingerprint density at radius 1 is 1.78 bits per heavy atom. The summed E-state index contributed by atoms with van der Waals surface area (Å²) in [6, 6.07) is 0. The lowest BCUT2D eigenvalue weighted by molar-refractivity contribution is -0.160. The molecule has 0 radical (unpaired) electrons. The molecule has 0 aromatic heterocycles. The lowest BCUT2D eigenvalue weighted by atomic mass is 9.99. The molecule has 0 aliphatic carbocycles. The van der Waals surface area contributed by atoms with Crippen LogP contribution in [0.15, 0.2) is 0 Å². The third kappa shape index (κ3) is 1.68. The number of cyclic esters (lactones) is 1. The van der Waals surface area contributed by atoms with E-state index in [4.69, 9.17) is 0 Å². The molecular formula is C6H10O3. The van der Waals surface area contributed by atoms with Crippen molar-refractivity contribution in [1.29, 1.82) is 0 Å². The van der Waals surface area contributed by atoms with Gasteiger partial charge in [0.2, 0.25) is 0 Å². The summed E-state index contributed by atoms with van der Waals surface area (Å²) < 4.78 is 4.60. The second-order valence-corrected chi connectivity index (χ2v) is 2.66. The number of hydrogen-bond donors (Lipinski definition) is 1. The number of carbonyl (C=O) groups excluding carboxylic acids is 1. The van der Waals surface area contributed by atoms with Gasteiger partial charge in [-0.2, -0.15) is 0 Å². The van der Waals surface area contributed by atoms with Gasteiger partial charge in [-0.15, -0.1) is 0 Å². The molecule has 0 bridgehead atoms. The van der Waals surface area contributed by atoms with Crippen molar-refractivity contribution in [2.75, 3.05) is 6.61 Å². The smallest absolute Gasteiger partial charge is 0.305 e. The summed E-state index contributed by atoms with van der Waals surface area (Å²) in [5.74, 6) is -0.207. The number of rotatable bonds is 0. The summed E-state index contributed by atoms with van der Waals surface area (Å²) in [6.45, 7) is 1.81. The molecule has 1 rings (SSSR count). The molecule has 1 aliphatic rings. The van der Waals surface area contributed by atoms with Crippen LogP contribution in [0.25, 0.3) is 0 Å². The molecular weight excluding hydrogens is 120 g/mol. The first-order chi connectivity index (χ1) is 4.10. The van der Waals surface area contributed by atoms with Gasteiger partial charge in [-0.3, -0.25) is 4.79 Å². The van der Waals surface area contributed by atoms with E-state index in [1.165, 1.54) is 0 Å². The molecule has 0 spiro atoms.